The van der Waals surface area contributed by atoms with Crippen molar-refractivity contribution < 1.29 is 5.11 Å². The standard InChI is InChI=1S/C9H10OS/c10-7-3-1-2-5-9-6-4-8-11-9/h4,6,8,10H,2,5,7H2. The molecule has 0 fully saturated rings. The normalized spacial score (nSPS) is 8.82. The summed E-state index contributed by atoms with van der Waals surface area (Å²) in [5.74, 6) is 5.50. The summed E-state index contributed by atoms with van der Waals surface area (Å²) in [6, 6.07) is 4.14. The fourth-order valence-electron chi connectivity index (χ4n) is 0.785. The van der Waals surface area contributed by atoms with Crippen LogP contribution in [0.3, 0.4) is 0 Å². The Hall–Kier alpha value is -0.780. The lowest BCUT2D eigenvalue weighted by Crippen LogP contribution is -1.77. The van der Waals surface area contributed by atoms with Crippen LogP contribution < -0.4 is 0 Å². The molecule has 0 unspecified atom stereocenters. The first-order chi connectivity index (χ1) is 5.43. The fourth-order valence-corrected chi connectivity index (χ4v) is 1.49. The summed E-state index contributed by atoms with van der Waals surface area (Å²) in [5, 5.41) is 10.4. The zero-order valence-electron chi connectivity index (χ0n) is 6.21. The molecule has 0 atom stereocenters. The Labute approximate surface area is 70.7 Å². The van der Waals surface area contributed by atoms with Crippen molar-refractivity contribution in [1.82, 2.24) is 0 Å². The van der Waals surface area contributed by atoms with E-state index in [9.17, 15) is 0 Å². The van der Waals surface area contributed by atoms with Crippen molar-refractivity contribution in [2.75, 3.05) is 6.61 Å². The van der Waals surface area contributed by atoms with Gasteiger partial charge in [-0.1, -0.05) is 12.0 Å². The molecule has 0 spiro atoms. The van der Waals surface area contributed by atoms with Crippen molar-refractivity contribution in [3.8, 4) is 11.8 Å². The summed E-state index contributed by atoms with van der Waals surface area (Å²) in [4.78, 5) is 1.36. The predicted molar refractivity (Wildman–Crippen MR) is 47.5 cm³/mol. The zero-order chi connectivity index (χ0) is 7.94. The van der Waals surface area contributed by atoms with Gasteiger partial charge < -0.3 is 5.11 Å². The number of aliphatic hydroxyl groups is 1. The van der Waals surface area contributed by atoms with Gasteiger partial charge in [0.05, 0.1) is 0 Å². The molecule has 0 aliphatic carbocycles. The molecule has 0 aliphatic rings. The molecule has 1 aromatic heterocycles. The highest BCUT2D eigenvalue weighted by Crippen LogP contribution is 2.09. The fraction of sp³-hybridized carbons (Fsp3) is 0.333. The van der Waals surface area contributed by atoms with Crippen LogP contribution in [0.2, 0.25) is 0 Å². The van der Waals surface area contributed by atoms with Crippen LogP contribution in [-0.4, -0.2) is 11.7 Å². The largest absolute Gasteiger partial charge is 0.384 e. The van der Waals surface area contributed by atoms with Crippen LogP contribution in [0.15, 0.2) is 17.5 Å². The van der Waals surface area contributed by atoms with E-state index in [4.69, 9.17) is 5.11 Å². The summed E-state index contributed by atoms with van der Waals surface area (Å²) >= 11 is 1.75. The third-order valence-corrected chi connectivity index (χ3v) is 2.22. The Morgan fingerprint density at radius 3 is 3.00 bits per heavy atom. The smallest absolute Gasteiger partial charge is 0.104 e. The molecule has 0 aliphatic heterocycles. The first-order valence-corrected chi connectivity index (χ1v) is 4.40. The molecule has 0 saturated carbocycles. The quantitative estimate of drug-likeness (QED) is 0.663. The average Bonchev–Trinajstić information content (AvgIpc) is 2.50. The highest BCUT2D eigenvalue weighted by Gasteiger charge is 1.89. The summed E-state index contributed by atoms with van der Waals surface area (Å²) in [5.41, 5.74) is 0. The van der Waals surface area contributed by atoms with Crippen LogP contribution in [0.4, 0.5) is 0 Å². The first kappa shape index (κ1) is 8.32. The number of thiophene rings is 1. The Kier molecular flexibility index (Phi) is 3.74. The number of aryl methyl sites for hydroxylation is 1. The van der Waals surface area contributed by atoms with Gasteiger partial charge in [0.1, 0.15) is 6.61 Å². The molecule has 1 nitrogen and oxygen atoms in total. The van der Waals surface area contributed by atoms with Crippen molar-refractivity contribution in [2.45, 2.75) is 12.8 Å². The number of aliphatic hydroxyl groups excluding tert-OH is 1. The Balaban J connectivity index is 2.24. The molecule has 1 rings (SSSR count). The van der Waals surface area contributed by atoms with E-state index >= 15 is 0 Å². The lowest BCUT2D eigenvalue weighted by atomic mass is 10.3. The highest BCUT2D eigenvalue weighted by molar-refractivity contribution is 7.09. The Morgan fingerprint density at radius 1 is 1.45 bits per heavy atom. The van der Waals surface area contributed by atoms with Crippen LogP contribution in [-0.2, 0) is 6.42 Å². The SMILES string of the molecule is OCC#CCCc1cccs1. The third kappa shape index (κ3) is 3.22. The van der Waals surface area contributed by atoms with Crippen LogP contribution in [0.25, 0.3) is 0 Å². The molecule has 0 amide bonds. The van der Waals surface area contributed by atoms with Gasteiger partial charge in [-0.2, -0.15) is 0 Å². The van der Waals surface area contributed by atoms with Crippen molar-refractivity contribution in [2.24, 2.45) is 0 Å². The minimum Gasteiger partial charge on any atom is -0.384 e. The van der Waals surface area contributed by atoms with Crippen molar-refractivity contribution >= 4 is 11.3 Å². The lowest BCUT2D eigenvalue weighted by molar-refractivity contribution is 0.350. The Morgan fingerprint density at radius 2 is 2.36 bits per heavy atom. The van der Waals surface area contributed by atoms with Gasteiger partial charge >= 0.3 is 0 Å². The molecule has 0 radical (unpaired) electrons. The molecule has 0 saturated heterocycles. The molecule has 58 valence electrons. The van der Waals surface area contributed by atoms with Gasteiger partial charge in [0, 0.05) is 11.3 Å². The molecular formula is C9H10OS. The van der Waals surface area contributed by atoms with Gasteiger partial charge in [-0.05, 0) is 17.9 Å². The molecule has 11 heavy (non-hydrogen) atoms. The minimum atomic E-state index is -0.0234. The van der Waals surface area contributed by atoms with Crippen LogP contribution >= 0.6 is 11.3 Å². The van der Waals surface area contributed by atoms with Gasteiger partial charge in [0.15, 0.2) is 0 Å². The maximum absolute atomic E-state index is 8.35. The number of hydrogen-bond donors (Lipinski definition) is 1. The van der Waals surface area contributed by atoms with E-state index in [0.29, 0.717) is 0 Å². The van der Waals surface area contributed by atoms with Crippen LogP contribution in [0.1, 0.15) is 11.3 Å². The Bertz CT molecular complexity index is 240. The summed E-state index contributed by atoms with van der Waals surface area (Å²) in [6.45, 7) is -0.0234. The van der Waals surface area contributed by atoms with Gasteiger partial charge in [-0.25, -0.2) is 0 Å². The van der Waals surface area contributed by atoms with Crippen LogP contribution in [0, 0.1) is 11.8 Å². The first-order valence-electron chi connectivity index (χ1n) is 3.52. The zero-order valence-corrected chi connectivity index (χ0v) is 7.03. The van der Waals surface area contributed by atoms with Gasteiger partial charge in [0.25, 0.3) is 0 Å². The van der Waals surface area contributed by atoms with Gasteiger partial charge in [-0.15, -0.1) is 17.3 Å². The molecular weight excluding hydrogens is 156 g/mol. The van der Waals surface area contributed by atoms with E-state index in [-0.39, 0.29) is 6.61 Å². The van der Waals surface area contributed by atoms with E-state index in [0.717, 1.165) is 12.8 Å². The van der Waals surface area contributed by atoms with Crippen molar-refractivity contribution in [1.29, 1.82) is 0 Å². The molecule has 1 N–H and O–H groups in total. The summed E-state index contributed by atoms with van der Waals surface area (Å²) in [7, 11) is 0. The third-order valence-electron chi connectivity index (χ3n) is 1.28. The maximum atomic E-state index is 8.35. The van der Waals surface area contributed by atoms with Gasteiger partial charge in [0.2, 0.25) is 0 Å². The van der Waals surface area contributed by atoms with E-state index in [1.54, 1.807) is 11.3 Å². The maximum Gasteiger partial charge on any atom is 0.104 e. The van der Waals surface area contributed by atoms with Gasteiger partial charge in [-0.3, -0.25) is 0 Å². The van der Waals surface area contributed by atoms with Crippen molar-refractivity contribution in [3.05, 3.63) is 22.4 Å². The molecule has 2 heteroatoms. The molecule has 0 bridgehead atoms. The second-order valence-electron chi connectivity index (χ2n) is 2.09. The second-order valence-corrected chi connectivity index (χ2v) is 3.12. The minimum absolute atomic E-state index is 0.0234. The van der Waals surface area contributed by atoms with E-state index < -0.39 is 0 Å². The lowest BCUT2D eigenvalue weighted by Gasteiger charge is -1.86. The van der Waals surface area contributed by atoms with E-state index in [2.05, 4.69) is 23.3 Å². The highest BCUT2D eigenvalue weighted by atomic mass is 32.1. The summed E-state index contributed by atoms with van der Waals surface area (Å²) in [6.07, 6.45) is 1.85. The monoisotopic (exact) mass is 166 g/mol. The second kappa shape index (κ2) is 4.95. The molecule has 1 heterocycles. The average molecular weight is 166 g/mol. The topological polar surface area (TPSA) is 20.2 Å². The van der Waals surface area contributed by atoms with E-state index in [1.165, 1.54) is 4.88 Å². The van der Waals surface area contributed by atoms with Crippen LogP contribution in [0.5, 0.6) is 0 Å². The number of hydrogen-bond acceptors (Lipinski definition) is 2. The summed E-state index contributed by atoms with van der Waals surface area (Å²) < 4.78 is 0. The molecule has 1 aromatic rings. The van der Waals surface area contributed by atoms with Crippen molar-refractivity contribution in [3.63, 3.8) is 0 Å². The van der Waals surface area contributed by atoms with E-state index in [1.807, 2.05) is 6.07 Å². The molecule has 0 aromatic carbocycles. The number of rotatable bonds is 2. The predicted octanol–water partition coefficient (Wildman–Crippen LogP) is 1.68.